The van der Waals surface area contributed by atoms with Gasteiger partial charge in [0, 0.05) is 19.6 Å². The monoisotopic (exact) mass is 274 g/mol. The molecule has 0 radical (unpaired) electrons. The number of carboxylic acid groups (broad SMARTS) is 1. The summed E-state index contributed by atoms with van der Waals surface area (Å²) < 4.78 is 10.6. The zero-order chi connectivity index (χ0) is 14.3. The molecule has 0 aromatic rings. The smallest absolute Gasteiger partial charge is 0.317 e. The van der Waals surface area contributed by atoms with Gasteiger partial charge in [0.1, 0.15) is 0 Å². The maximum atomic E-state index is 11.9. The molecule has 1 rings (SSSR count). The molecule has 0 saturated carbocycles. The van der Waals surface area contributed by atoms with Crippen molar-refractivity contribution in [2.45, 2.75) is 20.0 Å². The summed E-state index contributed by atoms with van der Waals surface area (Å²) in [6.07, 6.45) is -0.131. The molecule has 2 N–H and O–H groups in total. The summed E-state index contributed by atoms with van der Waals surface area (Å²) in [7, 11) is 0. The van der Waals surface area contributed by atoms with Crippen molar-refractivity contribution in [3.8, 4) is 0 Å². The van der Waals surface area contributed by atoms with E-state index in [1.807, 2.05) is 6.92 Å². The van der Waals surface area contributed by atoms with Crippen LogP contribution in [0.1, 0.15) is 13.8 Å². The highest BCUT2D eigenvalue weighted by molar-refractivity contribution is 5.75. The Hall–Kier alpha value is -1.34. The molecule has 0 bridgehead atoms. The molecule has 0 aromatic carbocycles. The van der Waals surface area contributed by atoms with Gasteiger partial charge in [-0.25, -0.2) is 4.79 Å². The van der Waals surface area contributed by atoms with Gasteiger partial charge in [0.15, 0.2) is 0 Å². The number of hydrogen-bond donors (Lipinski definition) is 2. The topological polar surface area (TPSA) is 88.1 Å². The molecule has 2 unspecified atom stereocenters. The van der Waals surface area contributed by atoms with Crippen molar-refractivity contribution in [1.29, 1.82) is 0 Å². The number of amides is 2. The number of hydrogen-bond acceptors (Lipinski definition) is 4. The first-order valence-electron chi connectivity index (χ1n) is 6.49. The van der Waals surface area contributed by atoms with E-state index in [1.54, 1.807) is 6.92 Å². The van der Waals surface area contributed by atoms with E-state index in [2.05, 4.69) is 5.32 Å². The number of urea groups is 1. The molecule has 0 aliphatic carbocycles. The Bertz CT molecular complexity index is 304. The molecule has 1 aliphatic heterocycles. The van der Waals surface area contributed by atoms with E-state index in [9.17, 15) is 9.59 Å². The van der Waals surface area contributed by atoms with E-state index >= 15 is 0 Å². The lowest BCUT2D eigenvalue weighted by Gasteiger charge is -2.26. The Morgan fingerprint density at radius 2 is 2.21 bits per heavy atom. The second-order valence-electron chi connectivity index (χ2n) is 4.53. The minimum absolute atomic E-state index is 0.131. The fourth-order valence-electron chi connectivity index (χ4n) is 1.73. The number of ether oxygens (including phenoxy) is 2. The van der Waals surface area contributed by atoms with Crippen LogP contribution in [0.5, 0.6) is 0 Å². The van der Waals surface area contributed by atoms with Gasteiger partial charge < -0.3 is 24.8 Å². The molecule has 0 spiro atoms. The summed E-state index contributed by atoms with van der Waals surface area (Å²) >= 11 is 0. The molecule has 2 atom stereocenters. The Labute approximate surface area is 112 Å². The molecule has 1 heterocycles. The SMILES string of the molecule is CCN(CC(C)C(=O)O)C(=O)NCC1COCCO1. The van der Waals surface area contributed by atoms with Gasteiger partial charge in [-0.3, -0.25) is 4.79 Å². The molecule has 0 aromatic heterocycles. The van der Waals surface area contributed by atoms with Crippen molar-refractivity contribution in [2.24, 2.45) is 5.92 Å². The maximum Gasteiger partial charge on any atom is 0.317 e. The molecule has 1 fully saturated rings. The van der Waals surface area contributed by atoms with Crippen LogP contribution in [0, 0.1) is 5.92 Å². The highest BCUT2D eigenvalue weighted by Gasteiger charge is 2.21. The zero-order valence-corrected chi connectivity index (χ0v) is 11.4. The first kappa shape index (κ1) is 15.7. The highest BCUT2D eigenvalue weighted by atomic mass is 16.6. The van der Waals surface area contributed by atoms with Gasteiger partial charge in [-0.15, -0.1) is 0 Å². The highest BCUT2D eigenvalue weighted by Crippen LogP contribution is 2.02. The van der Waals surface area contributed by atoms with Gasteiger partial charge >= 0.3 is 12.0 Å². The predicted molar refractivity (Wildman–Crippen MR) is 68.0 cm³/mol. The lowest BCUT2D eigenvalue weighted by atomic mass is 10.2. The largest absolute Gasteiger partial charge is 0.481 e. The van der Waals surface area contributed by atoms with Crippen LogP contribution in [0.2, 0.25) is 0 Å². The molecule has 7 heteroatoms. The predicted octanol–water partition coefficient (Wildman–Crippen LogP) is 0.154. The molecule has 7 nitrogen and oxygen atoms in total. The van der Waals surface area contributed by atoms with Crippen LogP contribution in [0.25, 0.3) is 0 Å². The summed E-state index contributed by atoms with van der Waals surface area (Å²) in [6, 6.07) is -0.273. The van der Waals surface area contributed by atoms with Gasteiger partial charge in [0.05, 0.1) is 31.8 Å². The van der Waals surface area contributed by atoms with Crippen molar-refractivity contribution < 1.29 is 24.2 Å². The standard InChI is InChI=1S/C12H22N2O5/c1-3-14(7-9(2)11(15)16)12(17)13-6-10-8-18-4-5-19-10/h9-10H,3-8H2,1-2H3,(H,13,17)(H,15,16). The van der Waals surface area contributed by atoms with Gasteiger partial charge in [-0.05, 0) is 6.92 Å². The van der Waals surface area contributed by atoms with Crippen molar-refractivity contribution in [1.82, 2.24) is 10.2 Å². The third-order valence-electron chi connectivity index (χ3n) is 2.95. The molecule has 1 saturated heterocycles. The van der Waals surface area contributed by atoms with Gasteiger partial charge in [0.25, 0.3) is 0 Å². The van der Waals surface area contributed by atoms with E-state index < -0.39 is 11.9 Å². The van der Waals surface area contributed by atoms with Crippen LogP contribution >= 0.6 is 0 Å². The van der Waals surface area contributed by atoms with Crippen molar-refractivity contribution in [3.05, 3.63) is 0 Å². The number of carbonyl (C=O) groups excluding carboxylic acids is 1. The summed E-state index contributed by atoms with van der Waals surface area (Å²) in [4.78, 5) is 24.2. The quantitative estimate of drug-likeness (QED) is 0.720. The fraction of sp³-hybridized carbons (Fsp3) is 0.833. The molecule has 2 amide bonds. The summed E-state index contributed by atoms with van der Waals surface area (Å²) in [5.41, 5.74) is 0. The molecule has 19 heavy (non-hydrogen) atoms. The number of aliphatic carboxylic acids is 1. The van der Waals surface area contributed by atoms with E-state index in [-0.39, 0.29) is 18.7 Å². The normalized spacial score (nSPS) is 20.6. The van der Waals surface area contributed by atoms with Crippen LogP contribution in [0.3, 0.4) is 0 Å². The van der Waals surface area contributed by atoms with Crippen LogP contribution in [-0.4, -0.2) is 67.6 Å². The van der Waals surface area contributed by atoms with E-state index in [4.69, 9.17) is 14.6 Å². The first-order chi connectivity index (χ1) is 9.04. The van der Waals surface area contributed by atoms with Crippen molar-refractivity contribution in [2.75, 3.05) is 39.5 Å². The van der Waals surface area contributed by atoms with Crippen molar-refractivity contribution >= 4 is 12.0 Å². The summed E-state index contributed by atoms with van der Waals surface area (Å²) in [6.45, 7) is 6.01. The average molecular weight is 274 g/mol. The van der Waals surface area contributed by atoms with E-state index in [0.29, 0.717) is 32.9 Å². The van der Waals surface area contributed by atoms with Crippen LogP contribution in [-0.2, 0) is 14.3 Å². The van der Waals surface area contributed by atoms with Gasteiger partial charge in [0.2, 0.25) is 0 Å². The Balaban J connectivity index is 2.34. The number of rotatable bonds is 6. The molecule has 110 valence electrons. The third kappa shape index (κ3) is 5.44. The third-order valence-corrected chi connectivity index (χ3v) is 2.95. The van der Waals surface area contributed by atoms with E-state index in [1.165, 1.54) is 4.90 Å². The second kappa shape index (κ2) is 7.96. The Morgan fingerprint density at radius 3 is 2.74 bits per heavy atom. The minimum atomic E-state index is -0.907. The Kier molecular flexibility index (Phi) is 6.58. The van der Waals surface area contributed by atoms with Gasteiger partial charge in [-0.2, -0.15) is 0 Å². The fourth-order valence-corrected chi connectivity index (χ4v) is 1.73. The van der Waals surface area contributed by atoms with Crippen LogP contribution in [0.15, 0.2) is 0 Å². The lowest BCUT2D eigenvalue weighted by molar-refractivity contribution is -0.141. The maximum absolute atomic E-state index is 11.9. The molecular formula is C12H22N2O5. The first-order valence-corrected chi connectivity index (χ1v) is 6.49. The Morgan fingerprint density at radius 1 is 1.47 bits per heavy atom. The van der Waals surface area contributed by atoms with Gasteiger partial charge in [-0.1, -0.05) is 6.92 Å². The lowest BCUT2D eigenvalue weighted by Crippen LogP contribution is -2.47. The minimum Gasteiger partial charge on any atom is -0.481 e. The number of carboxylic acids is 1. The van der Waals surface area contributed by atoms with Crippen LogP contribution < -0.4 is 5.32 Å². The molecular weight excluding hydrogens is 252 g/mol. The number of carbonyl (C=O) groups is 2. The van der Waals surface area contributed by atoms with Crippen molar-refractivity contribution in [3.63, 3.8) is 0 Å². The van der Waals surface area contributed by atoms with E-state index in [0.717, 1.165) is 0 Å². The average Bonchev–Trinajstić information content (AvgIpc) is 2.42. The summed E-state index contributed by atoms with van der Waals surface area (Å²) in [5.74, 6) is -1.49. The number of nitrogens with zero attached hydrogens (tertiary/aromatic N) is 1. The number of nitrogens with one attached hydrogen (secondary N) is 1. The van der Waals surface area contributed by atoms with Crippen LogP contribution in [0.4, 0.5) is 4.79 Å². The molecule has 1 aliphatic rings. The summed E-state index contributed by atoms with van der Waals surface area (Å²) in [5, 5.41) is 11.6. The second-order valence-corrected chi connectivity index (χ2v) is 4.53. The zero-order valence-electron chi connectivity index (χ0n) is 11.4.